The summed E-state index contributed by atoms with van der Waals surface area (Å²) in [5, 5.41) is 3.05. The van der Waals surface area contributed by atoms with E-state index in [1.165, 1.54) is 4.57 Å². The lowest BCUT2D eigenvalue weighted by atomic mass is 10.2. The Morgan fingerprint density at radius 1 is 1.25 bits per heavy atom. The van der Waals surface area contributed by atoms with Crippen LogP contribution in [0.15, 0.2) is 58.5 Å². The van der Waals surface area contributed by atoms with Gasteiger partial charge in [0.2, 0.25) is 5.91 Å². The number of aromatic nitrogens is 2. The zero-order valence-corrected chi connectivity index (χ0v) is 19.3. The summed E-state index contributed by atoms with van der Waals surface area (Å²) in [7, 11) is -1.55. The van der Waals surface area contributed by atoms with E-state index in [-0.39, 0.29) is 29.0 Å². The van der Waals surface area contributed by atoms with Crippen LogP contribution in [0.4, 0.5) is 0 Å². The predicted molar refractivity (Wildman–Crippen MR) is 124 cm³/mol. The quantitative estimate of drug-likeness (QED) is 0.432. The maximum atomic E-state index is 13.4. The number of carbonyl (C=O) groups is 1. The minimum atomic E-state index is -3.10. The molecule has 1 aliphatic heterocycles. The third-order valence-corrected chi connectivity index (χ3v) is 8.11. The van der Waals surface area contributed by atoms with Crippen molar-refractivity contribution in [2.45, 2.75) is 29.8 Å². The van der Waals surface area contributed by atoms with Crippen molar-refractivity contribution in [1.29, 1.82) is 0 Å². The number of ether oxygens (including phenoxy) is 1. The van der Waals surface area contributed by atoms with Crippen LogP contribution in [0.1, 0.15) is 13.3 Å². The molecule has 1 aromatic heterocycles. The molecule has 10 heteroatoms. The number of fused-ring (bicyclic) bond motifs is 1. The van der Waals surface area contributed by atoms with Crippen molar-refractivity contribution in [3.05, 3.63) is 58.9 Å². The lowest BCUT2D eigenvalue weighted by Gasteiger charge is -2.18. The molecule has 2 heterocycles. The molecule has 1 N–H and O–H groups in total. The summed E-state index contributed by atoms with van der Waals surface area (Å²) in [5.74, 6) is 0.336. The summed E-state index contributed by atoms with van der Waals surface area (Å²) in [6.07, 6.45) is 0.411. The highest BCUT2D eigenvalue weighted by molar-refractivity contribution is 8.00. The molecule has 4 rings (SSSR count). The van der Waals surface area contributed by atoms with Crippen LogP contribution in [0.25, 0.3) is 16.6 Å². The molecule has 0 unspecified atom stereocenters. The zero-order valence-electron chi connectivity index (χ0n) is 17.6. The maximum Gasteiger partial charge on any atom is 0.266 e. The van der Waals surface area contributed by atoms with Gasteiger partial charge in [0.05, 0.1) is 40.5 Å². The summed E-state index contributed by atoms with van der Waals surface area (Å²) in [6, 6.07) is 13.7. The van der Waals surface area contributed by atoms with Gasteiger partial charge in [0, 0.05) is 12.1 Å². The number of amides is 1. The first-order valence-corrected chi connectivity index (χ1v) is 12.8. The Balaban J connectivity index is 1.69. The predicted octanol–water partition coefficient (Wildman–Crippen LogP) is 2.18. The van der Waals surface area contributed by atoms with Crippen LogP contribution >= 0.6 is 11.8 Å². The molecular weight excluding hydrogens is 450 g/mol. The molecule has 1 aliphatic rings. The van der Waals surface area contributed by atoms with E-state index in [0.717, 1.165) is 11.8 Å². The van der Waals surface area contributed by atoms with Gasteiger partial charge in [0.15, 0.2) is 15.0 Å². The highest BCUT2D eigenvalue weighted by Gasteiger charge is 2.30. The van der Waals surface area contributed by atoms with Gasteiger partial charge in [-0.1, -0.05) is 30.0 Å². The molecule has 1 amide bonds. The van der Waals surface area contributed by atoms with Crippen molar-refractivity contribution < 1.29 is 17.9 Å². The number of nitrogens with one attached hydrogen (secondary N) is 1. The van der Waals surface area contributed by atoms with Crippen LogP contribution in [0, 0.1) is 0 Å². The number of thioether (sulfide) groups is 1. The molecule has 2 atom stereocenters. The van der Waals surface area contributed by atoms with E-state index in [4.69, 9.17) is 4.74 Å². The van der Waals surface area contributed by atoms with Crippen molar-refractivity contribution in [2.75, 3.05) is 18.6 Å². The second-order valence-corrected chi connectivity index (χ2v) is 11.2. The van der Waals surface area contributed by atoms with Crippen molar-refractivity contribution in [3.63, 3.8) is 0 Å². The van der Waals surface area contributed by atoms with Crippen LogP contribution < -0.4 is 15.6 Å². The Morgan fingerprint density at radius 3 is 2.75 bits per heavy atom. The third kappa shape index (κ3) is 4.66. The van der Waals surface area contributed by atoms with Crippen molar-refractivity contribution in [2.24, 2.45) is 0 Å². The fourth-order valence-corrected chi connectivity index (χ4v) is 6.22. The van der Waals surface area contributed by atoms with Crippen LogP contribution in [-0.4, -0.2) is 53.8 Å². The number of methoxy groups -OCH3 is 1. The van der Waals surface area contributed by atoms with E-state index < -0.39 is 15.1 Å². The topological polar surface area (TPSA) is 107 Å². The lowest BCUT2D eigenvalue weighted by Crippen LogP contribution is -2.40. The van der Waals surface area contributed by atoms with Gasteiger partial charge in [0.1, 0.15) is 5.75 Å². The third-order valence-electron chi connectivity index (χ3n) is 5.29. The molecule has 0 radical (unpaired) electrons. The molecule has 168 valence electrons. The maximum absolute atomic E-state index is 13.4. The Morgan fingerprint density at radius 2 is 2.03 bits per heavy atom. The molecule has 0 saturated carbocycles. The Labute approximate surface area is 189 Å². The van der Waals surface area contributed by atoms with Gasteiger partial charge in [0.25, 0.3) is 5.56 Å². The van der Waals surface area contributed by atoms with Crippen molar-refractivity contribution in [3.8, 4) is 11.4 Å². The summed E-state index contributed by atoms with van der Waals surface area (Å²) in [4.78, 5) is 30.8. The average molecular weight is 474 g/mol. The smallest absolute Gasteiger partial charge is 0.266 e. The van der Waals surface area contributed by atoms with E-state index in [0.29, 0.717) is 33.9 Å². The molecule has 3 aromatic rings. The van der Waals surface area contributed by atoms with Gasteiger partial charge in [-0.3, -0.25) is 14.2 Å². The minimum absolute atomic E-state index is 0.0428. The van der Waals surface area contributed by atoms with E-state index in [1.54, 1.807) is 62.6 Å². The zero-order chi connectivity index (χ0) is 22.9. The summed E-state index contributed by atoms with van der Waals surface area (Å²) >= 11 is 1.15. The second kappa shape index (κ2) is 8.95. The Hall–Kier alpha value is -2.85. The molecule has 8 nitrogen and oxygen atoms in total. The number of benzene rings is 2. The molecule has 0 spiro atoms. The van der Waals surface area contributed by atoms with E-state index in [2.05, 4.69) is 10.3 Å². The molecule has 0 bridgehead atoms. The van der Waals surface area contributed by atoms with Gasteiger partial charge >= 0.3 is 0 Å². The minimum Gasteiger partial charge on any atom is -0.497 e. The SMILES string of the molecule is COc1cccc(-n2c(S[C@H](C)C(=O)N[C@H]3CCS(=O)(=O)C3)nc3ccccc3c2=O)c1. The highest BCUT2D eigenvalue weighted by Crippen LogP contribution is 2.27. The van der Waals surface area contributed by atoms with Gasteiger partial charge in [-0.15, -0.1) is 0 Å². The first-order chi connectivity index (χ1) is 15.3. The van der Waals surface area contributed by atoms with Gasteiger partial charge in [-0.2, -0.15) is 0 Å². The molecule has 0 aliphatic carbocycles. The van der Waals surface area contributed by atoms with Gasteiger partial charge in [-0.25, -0.2) is 13.4 Å². The van der Waals surface area contributed by atoms with Crippen LogP contribution in [0.5, 0.6) is 5.75 Å². The molecule has 1 saturated heterocycles. The Kier molecular flexibility index (Phi) is 6.25. The largest absolute Gasteiger partial charge is 0.497 e. The fraction of sp³-hybridized carbons (Fsp3) is 0.318. The highest BCUT2D eigenvalue weighted by atomic mass is 32.2. The van der Waals surface area contributed by atoms with Crippen LogP contribution in [0.3, 0.4) is 0 Å². The standard InChI is InChI=1S/C22H23N3O5S2/c1-14(20(26)23-15-10-11-32(28,29)13-15)31-22-24-19-9-4-3-8-18(19)21(27)25(22)16-6-5-7-17(12-16)30-2/h3-9,12,14-15H,10-11,13H2,1-2H3,(H,23,26)/t14-,15+/m1/s1. The number of hydrogen-bond acceptors (Lipinski definition) is 7. The van der Waals surface area contributed by atoms with Gasteiger partial charge < -0.3 is 10.1 Å². The number of nitrogens with zero attached hydrogens (tertiary/aromatic N) is 2. The van der Waals surface area contributed by atoms with Crippen LogP contribution in [-0.2, 0) is 14.6 Å². The Bertz CT molecular complexity index is 1340. The number of rotatable bonds is 6. The van der Waals surface area contributed by atoms with Crippen molar-refractivity contribution >= 4 is 38.4 Å². The molecule has 2 aromatic carbocycles. The number of carbonyl (C=O) groups excluding carboxylic acids is 1. The van der Waals surface area contributed by atoms with Crippen LogP contribution in [0.2, 0.25) is 0 Å². The van der Waals surface area contributed by atoms with Crippen molar-refractivity contribution in [1.82, 2.24) is 14.9 Å². The van der Waals surface area contributed by atoms with E-state index >= 15 is 0 Å². The second-order valence-electron chi connectivity index (χ2n) is 7.62. The first kappa shape index (κ1) is 22.3. The number of sulfone groups is 1. The summed E-state index contributed by atoms with van der Waals surface area (Å²) in [5.41, 5.74) is 0.860. The van der Waals surface area contributed by atoms with Gasteiger partial charge in [-0.05, 0) is 37.6 Å². The molecule has 32 heavy (non-hydrogen) atoms. The van der Waals surface area contributed by atoms with E-state index in [9.17, 15) is 18.0 Å². The molecular formula is C22H23N3O5S2. The summed E-state index contributed by atoms with van der Waals surface area (Å²) in [6.45, 7) is 1.71. The number of para-hydroxylation sites is 1. The summed E-state index contributed by atoms with van der Waals surface area (Å²) < 4.78 is 30.1. The number of hydrogen-bond donors (Lipinski definition) is 1. The van der Waals surface area contributed by atoms with E-state index in [1.807, 2.05) is 0 Å². The fourth-order valence-electron chi connectivity index (χ4n) is 3.61. The monoisotopic (exact) mass is 473 g/mol. The normalized spacial score (nSPS) is 18.4. The first-order valence-electron chi connectivity index (χ1n) is 10.1. The lowest BCUT2D eigenvalue weighted by molar-refractivity contribution is -0.120. The molecule has 1 fully saturated rings. The average Bonchev–Trinajstić information content (AvgIpc) is 3.12.